The first-order chi connectivity index (χ1) is 12.7. The summed E-state index contributed by atoms with van der Waals surface area (Å²) in [6, 6.07) is 25.0. The van der Waals surface area contributed by atoms with Crippen molar-refractivity contribution >= 4 is 17.3 Å². The highest BCUT2D eigenvalue weighted by molar-refractivity contribution is 6.04. The van der Waals surface area contributed by atoms with Crippen molar-refractivity contribution in [3.05, 3.63) is 95.1 Å². The predicted molar refractivity (Wildman–Crippen MR) is 102 cm³/mol. The van der Waals surface area contributed by atoms with Crippen LogP contribution in [0.5, 0.6) is 0 Å². The zero-order valence-electron chi connectivity index (χ0n) is 14.1. The average Bonchev–Trinajstić information content (AvgIpc) is 3.12. The first-order valence-corrected chi connectivity index (χ1v) is 8.46. The van der Waals surface area contributed by atoms with Crippen LogP contribution in [0.25, 0.3) is 0 Å². The number of carbonyl (C=O) groups excluding carboxylic acids is 1. The van der Waals surface area contributed by atoms with Crippen LogP contribution >= 0.6 is 0 Å². The van der Waals surface area contributed by atoms with Crippen LogP contribution in [0.3, 0.4) is 0 Å². The highest BCUT2D eigenvalue weighted by Gasteiger charge is 2.18. The molecule has 1 aliphatic heterocycles. The van der Waals surface area contributed by atoms with Gasteiger partial charge in [0.05, 0.1) is 11.6 Å². The summed E-state index contributed by atoms with van der Waals surface area (Å²) in [5.74, 6) is -0.184. The molecule has 3 aromatic rings. The van der Waals surface area contributed by atoms with E-state index in [9.17, 15) is 4.79 Å². The summed E-state index contributed by atoms with van der Waals surface area (Å²) in [5.41, 5.74) is 5.54. The van der Waals surface area contributed by atoms with Gasteiger partial charge in [0, 0.05) is 30.0 Å². The largest absolute Gasteiger partial charge is 0.363 e. The summed E-state index contributed by atoms with van der Waals surface area (Å²) in [4.78, 5) is 14.7. The molecule has 26 heavy (non-hydrogen) atoms. The van der Waals surface area contributed by atoms with E-state index >= 15 is 0 Å². The van der Waals surface area contributed by atoms with Crippen LogP contribution in [-0.4, -0.2) is 5.91 Å². The Morgan fingerprint density at radius 1 is 0.923 bits per heavy atom. The topological polar surface area (TPSA) is 56.1 Å². The van der Waals surface area contributed by atoms with E-state index in [0.29, 0.717) is 16.8 Å². The molecule has 1 aliphatic rings. The molecule has 4 nitrogen and oxygen atoms in total. The second kappa shape index (κ2) is 6.73. The molecule has 0 fully saturated rings. The van der Waals surface area contributed by atoms with Crippen LogP contribution in [0.1, 0.15) is 27.0 Å². The van der Waals surface area contributed by atoms with Gasteiger partial charge in [0.2, 0.25) is 0 Å². The number of anilines is 2. The number of nitrogens with one attached hydrogen (secondary N) is 1. The zero-order chi connectivity index (χ0) is 17.9. The van der Waals surface area contributed by atoms with Gasteiger partial charge in [-0.15, -0.1) is 0 Å². The van der Waals surface area contributed by atoms with Crippen LogP contribution < -0.4 is 10.2 Å². The molecule has 0 saturated heterocycles. The third kappa shape index (κ3) is 3.15. The molecule has 1 heterocycles. The number of benzene rings is 3. The number of nitrogens with zero attached hydrogens (tertiary/aromatic N) is 2. The average molecular weight is 339 g/mol. The molecule has 0 radical (unpaired) electrons. The number of rotatable bonds is 3. The van der Waals surface area contributed by atoms with Crippen LogP contribution in [0.2, 0.25) is 0 Å². The third-order valence-corrected chi connectivity index (χ3v) is 4.58. The number of nitriles is 1. The van der Waals surface area contributed by atoms with Crippen molar-refractivity contribution in [2.75, 3.05) is 10.2 Å². The predicted octanol–water partition coefficient (Wildman–Crippen LogP) is 4.33. The molecule has 1 N–H and O–H groups in total. The van der Waals surface area contributed by atoms with E-state index in [2.05, 4.69) is 40.6 Å². The number of hydrogen-bond donors (Lipinski definition) is 1. The van der Waals surface area contributed by atoms with Gasteiger partial charge in [0.15, 0.2) is 0 Å². The Hall–Kier alpha value is -3.58. The molecule has 1 amide bonds. The van der Waals surface area contributed by atoms with Gasteiger partial charge < -0.3 is 10.2 Å². The Balaban J connectivity index is 1.46. The maximum Gasteiger partial charge on any atom is 0.255 e. The molecule has 4 rings (SSSR count). The Morgan fingerprint density at radius 3 is 2.27 bits per heavy atom. The number of fused-ring (bicyclic) bond motifs is 1. The number of carbonyl (C=O) groups is 1. The van der Waals surface area contributed by atoms with Gasteiger partial charge in [-0.05, 0) is 53.6 Å². The van der Waals surface area contributed by atoms with Crippen LogP contribution in [-0.2, 0) is 13.1 Å². The van der Waals surface area contributed by atoms with E-state index in [4.69, 9.17) is 5.26 Å². The van der Waals surface area contributed by atoms with Gasteiger partial charge >= 0.3 is 0 Å². The zero-order valence-corrected chi connectivity index (χ0v) is 14.1. The summed E-state index contributed by atoms with van der Waals surface area (Å²) in [6.45, 7) is 1.78. The van der Waals surface area contributed by atoms with Gasteiger partial charge in [-0.3, -0.25) is 4.79 Å². The molecular formula is C22H17N3O. The minimum atomic E-state index is -0.184. The van der Waals surface area contributed by atoms with Crippen LogP contribution in [0.15, 0.2) is 72.8 Å². The first kappa shape index (κ1) is 15.9. The van der Waals surface area contributed by atoms with Crippen molar-refractivity contribution < 1.29 is 4.79 Å². The fourth-order valence-electron chi connectivity index (χ4n) is 3.21. The van der Waals surface area contributed by atoms with Crippen molar-refractivity contribution in [2.24, 2.45) is 0 Å². The van der Waals surface area contributed by atoms with E-state index < -0.39 is 0 Å². The van der Waals surface area contributed by atoms with E-state index in [-0.39, 0.29) is 5.91 Å². The molecular weight excluding hydrogens is 322 g/mol. The Morgan fingerprint density at radius 2 is 1.62 bits per heavy atom. The van der Waals surface area contributed by atoms with Gasteiger partial charge in [0.1, 0.15) is 0 Å². The lowest BCUT2D eigenvalue weighted by Crippen LogP contribution is -2.15. The minimum absolute atomic E-state index is 0.184. The van der Waals surface area contributed by atoms with Crippen molar-refractivity contribution in [3.63, 3.8) is 0 Å². The van der Waals surface area contributed by atoms with Crippen molar-refractivity contribution in [3.8, 4) is 6.07 Å². The normalized spacial score (nSPS) is 12.3. The quantitative estimate of drug-likeness (QED) is 0.773. The SMILES string of the molecule is N#Cc1cccc(NC(=O)c2ccc(N3Cc4ccccc4C3)cc2)c1. The van der Waals surface area contributed by atoms with Crippen molar-refractivity contribution in [1.82, 2.24) is 0 Å². The van der Waals surface area contributed by atoms with Crippen LogP contribution in [0, 0.1) is 11.3 Å². The van der Waals surface area contributed by atoms with E-state index in [1.54, 1.807) is 24.3 Å². The third-order valence-electron chi connectivity index (χ3n) is 4.58. The van der Waals surface area contributed by atoms with E-state index in [0.717, 1.165) is 18.8 Å². The van der Waals surface area contributed by atoms with E-state index in [1.165, 1.54) is 11.1 Å². The molecule has 0 unspecified atom stereocenters. The number of hydrogen-bond acceptors (Lipinski definition) is 3. The molecule has 4 heteroatoms. The maximum absolute atomic E-state index is 12.4. The molecule has 0 aliphatic carbocycles. The van der Waals surface area contributed by atoms with E-state index in [1.807, 2.05) is 24.3 Å². The molecule has 126 valence electrons. The lowest BCUT2D eigenvalue weighted by molar-refractivity contribution is 0.102. The van der Waals surface area contributed by atoms with Gasteiger partial charge in [-0.2, -0.15) is 5.26 Å². The summed E-state index contributed by atoms with van der Waals surface area (Å²) in [6.07, 6.45) is 0. The first-order valence-electron chi connectivity index (χ1n) is 8.46. The van der Waals surface area contributed by atoms with Crippen LogP contribution in [0.4, 0.5) is 11.4 Å². The smallest absolute Gasteiger partial charge is 0.255 e. The molecule has 0 bridgehead atoms. The summed E-state index contributed by atoms with van der Waals surface area (Å²) < 4.78 is 0. The second-order valence-corrected chi connectivity index (χ2v) is 6.32. The lowest BCUT2D eigenvalue weighted by atomic mass is 10.1. The number of amides is 1. The Labute approximate surface area is 152 Å². The fraction of sp³-hybridized carbons (Fsp3) is 0.0909. The van der Waals surface area contributed by atoms with Crippen molar-refractivity contribution in [2.45, 2.75) is 13.1 Å². The highest BCUT2D eigenvalue weighted by Crippen LogP contribution is 2.28. The van der Waals surface area contributed by atoms with Crippen molar-refractivity contribution in [1.29, 1.82) is 5.26 Å². The standard InChI is InChI=1S/C22H17N3O/c23-13-16-4-3-7-20(12-16)24-22(26)17-8-10-21(11-9-17)25-14-18-5-1-2-6-19(18)15-25/h1-12H,14-15H2,(H,24,26). The maximum atomic E-state index is 12.4. The lowest BCUT2D eigenvalue weighted by Gasteiger charge is -2.18. The molecule has 0 saturated carbocycles. The molecule has 0 atom stereocenters. The fourth-order valence-corrected chi connectivity index (χ4v) is 3.21. The molecule has 3 aromatic carbocycles. The second-order valence-electron chi connectivity index (χ2n) is 6.32. The monoisotopic (exact) mass is 339 g/mol. The molecule has 0 aromatic heterocycles. The minimum Gasteiger partial charge on any atom is -0.363 e. The Kier molecular flexibility index (Phi) is 4.12. The highest BCUT2D eigenvalue weighted by atomic mass is 16.1. The summed E-state index contributed by atoms with van der Waals surface area (Å²) in [5, 5.41) is 11.8. The molecule has 0 spiro atoms. The summed E-state index contributed by atoms with van der Waals surface area (Å²) >= 11 is 0. The van der Waals surface area contributed by atoms with Gasteiger partial charge in [0.25, 0.3) is 5.91 Å². The van der Waals surface area contributed by atoms with Gasteiger partial charge in [-0.25, -0.2) is 0 Å². The summed E-state index contributed by atoms with van der Waals surface area (Å²) in [7, 11) is 0. The van der Waals surface area contributed by atoms with Gasteiger partial charge in [-0.1, -0.05) is 30.3 Å². The Bertz CT molecular complexity index is 977.